The van der Waals surface area contributed by atoms with E-state index in [-0.39, 0.29) is 0 Å². The van der Waals surface area contributed by atoms with E-state index in [0.717, 1.165) is 63.8 Å². The van der Waals surface area contributed by atoms with Crippen LogP contribution in [0.2, 0.25) is 0 Å². The van der Waals surface area contributed by atoms with E-state index in [1.165, 1.54) is 0 Å². The van der Waals surface area contributed by atoms with Crippen LogP contribution in [0.5, 0.6) is 5.75 Å². The zero-order valence-electron chi connectivity index (χ0n) is 15.6. The van der Waals surface area contributed by atoms with Gasteiger partial charge in [0.1, 0.15) is 5.75 Å². The molecular weight excluding hydrogens is 316 g/mol. The van der Waals surface area contributed by atoms with Crippen molar-refractivity contribution >= 4 is 11.6 Å². The van der Waals surface area contributed by atoms with Gasteiger partial charge in [0, 0.05) is 39.3 Å². The molecule has 0 radical (unpaired) electrons. The van der Waals surface area contributed by atoms with Gasteiger partial charge in [-0.25, -0.2) is 0 Å². The summed E-state index contributed by atoms with van der Waals surface area (Å²) in [7, 11) is 0. The largest absolute Gasteiger partial charge is 0.506 e. The van der Waals surface area contributed by atoms with E-state index in [1.54, 1.807) is 6.07 Å². The number of nitrogens with one attached hydrogen (secondary N) is 1. The summed E-state index contributed by atoms with van der Waals surface area (Å²) >= 11 is 0. The molecule has 0 atom stereocenters. The molecule has 0 aliphatic carbocycles. The Morgan fingerprint density at radius 1 is 1.16 bits per heavy atom. The lowest BCUT2D eigenvalue weighted by Crippen LogP contribution is -2.52. The zero-order valence-corrected chi connectivity index (χ0v) is 15.6. The Hall–Kier alpha value is -1.95. The Morgan fingerprint density at radius 3 is 2.60 bits per heavy atom. The van der Waals surface area contributed by atoms with E-state index < -0.39 is 0 Å². The van der Waals surface area contributed by atoms with Crippen molar-refractivity contribution in [1.82, 2.24) is 10.2 Å². The number of phenols is 1. The van der Waals surface area contributed by atoms with E-state index in [2.05, 4.69) is 34.0 Å². The molecule has 1 aliphatic rings. The van der Waals surface area contributed by atoms with Crippen LogP contribution in [0.4, 0.5) is 5.69 Å². The molecule has 2 N–H and O–H groups in total. The molecule has 6 nitrogen and oxygen atoms in total. The number of unbranched alkanes of at least 4 members (excludes halogenated alkanes) is 1. The molecule has 0 unspecified atom stereocenters. The van der Waals surface area contributed by atoms with Crippen molar-refractivity contribution in [2.75, 3.05) is 57.4 Å². The van der Waals surface area contributed by atoms with E-state index >= 15 is 0 Å². The third-order valence-electron chi connectivity index (χ3n) is 4.28. The SMILES string of the molecule is CCCCOCCN=C(NCC)N1CCN(c2ccccc2O)CC1. The van der Waals surface area contributed by atoms with Crippen LogP contribution in [0, 0.1) is 0 Å². The minimum Gasteiger partial charge on any atom is -0.506 e. The smallest absolute Gasteiger partial charge is 0.194 e. The van der Waals surface area contributed by atoms with Crippen LogP contribution < -0.4 is 10.2 Å². The zero-order chi connectivity index (χ0) is 17.9. The van der Waals surface area contributed by atoms with Crippen molar-refractivity contribution in [3.05, 3.63) is 24.3 Å². The van der Waals surface area contributed by atoms with Crippen LogP contribution in [0.1, 0.15) is 26.7 Å². The number of ether oxygens (including phenoxy) is 1. The van der Waals surface area contributed by atoms with Crippen LogP contribution >= 0.6 is 0 Å². The monoisotopic (exact) mass is 348 g/mol. The number of aliphatic imine (C=N–C) groups is 1. The van der Waals surface area contributed by atoms with E-state index in [1.807, 2.05) is 18.2 Å². The lowest BCUT2D eigenvalue weighted by molar-refractivity contribution is 0.138. The second kappa shape index (κ2) is 10.8. The summed E-state index contributed by atoms with van der Waals surface area (Å²) in [4.78, 5) is 9.20. The molecule has 1 aromatic rings. The van der Waals surface area contributed by atoms with Gasteiger partial charge in [-0.2, -0.15) is 0 Å². The fourth-order valence-electron chi connectivity index (χ4n) is 2.88. The van der Waals surface area contributed by atoms with Gasteiger partial charge < -0.3 is 25.0 Å². The van der Waals surface area contributed by atoms with Gasteiger partial charge in [-0.3, -0.25) is 4.99 Å². The molecule has 1 fully saturated rings. The number of hydrogen-bond donors (Lipinski definition) is 2. The summed E-state index contributed by atoms with van der Waals surface area (Å²) in [5.41, 5.74) is 0.911. The number of hydrogen-bond acceptors (Lipinski definition) is 4. The topological polar surface area (TPSA) is 60.3 Å². The summed E-state index contributed by atoms with van der Waals surface area (Å²) < 4.78 is 5.59. The first-order valence-corrected chi connectivity index (χ1v) is 9.40. The summed E-state index contributed by atoms with van der Waals surface area (Å²) in [6.07, 6.45) is 2.27. The number of rotatable bonds is 8. The maximum atomic E-state index is 10.0. The van der Waals surface area contributed by atoms with Crippen molar-refractivity contribution in [3.8, 4) is 5.75 Å². The van der Waals surface area contributed by atoms with Crippen molar-refractivity contribution in [2.45, 2.75) is 26.7 Å². The molecule has 0 spiro atoms. The number of aromatic hydroxyl groups is 1. The van der Waals surface area contributed by atoms with Crippen molar-refractivity contribution < 1.29 is 9.84 Å². The molecule has 1 aliphatic heterocycles. The number of para-hydroxylation sites is 2. The first kappa shape index (κ1) is 19.4. The van der Waals surface area contributed by atoms with Gasteiger partial charge in [0.2, 0.25) is 0 Å². The molecule has 140 valence electrons. The van der Waals surface area contributed by atoms with E-state index in [9.17, 15) is 5.11 Å². The Morgan fingerprint density at radius 2 is 1.92 bits per heavy atom. The third-order valence-corrected chi connectivity index (χ3v) is 4.28. The summed E-state index contributed by atoms with van der Waals surface area (Å²) in [5, 5.41) is 13.4. The van der Waals surface area contributed by atoms with Gasteiger partial charge >= 0.3 is 0 Å². The minimum atomic E-state index is 0.348. The Kier molecular flexibility index (Phi) is 8.39. The fraction of sp³-hybridized carbons (Fsp3) is 0.632. The second-order valence-electron chi connectivity index (χ2n) is 6.16. The van der Waals surface area contributed by atoms with Gasteiger partial charge in [0.05, 0.1) is 18.8 Å². The first-order valence-electron chi connectivity index (χ1n) is 9.40. The molecular formula is C19H32N4O2. The van der Waals surface area contributed by atoms with Gasteiger partial charge in [0.25, 0.3) is 0 Å². The molecule has 0 amide bonds. The molecule has 1 aromatic carbocycles. The molecule has 0 aromatic heterocycles. The molecule has 0 saturated carbocycles. The molecule has 1 saturated heterocycles. The normalized spacial score (nSPS) is 15.5. The van der Waals surface area contributed by atoms with Crippen LogP contribution in [-0.2, 0) is 4.74 Å². The number of guanidine groups is 1. The van der Waals surface area contributed by atoms with Crippen LogP contribution in [0.25, 0.3) is 0 Å². The summed E-state index contributed by atoms with van der Waals surface area (Å²) in [6, 6.07) is 7.53. The highest BCUT2D eigenvalue weighted by Crippen LogP contribution is 2.27. The predicted octanol–water partition coefficient (Wildman–Crippen LogP) is 2.30. The number of anilines is 1. The average molecular weight is 348 g/mol. The fourth-order valence-corrected chi connectivity index (χ4v) is 2.88. The van der Waals surface area contributed by atoms with Crippen LogP contribution in [0.15, 0.2) is 29.3 Å². The highest BCUT2D eigenvalue weighted by molar-refractivity contribution is 5.80. The Labute approximate surface area is 151 Å². The molecule has 1 heterocycles. The van der Waals surface area contributed by atoms with Gasteiger partial charge in [-0.05, 0) is 25.5 Å². The second-order valence-corrected chi connectivity index (χ2v) is 6.16. The van der Waals surface area contributed by atoms with Gasteiger partial charge in [-0.1, -0.05) is 25.5 Å². The summed E-state index contributed by atoms with van der Waals surface area (Å²) in [5.74, 6) is 1.30. The molecule has 6 heteroatoms. The maximum absolute atomic E-state index is 10.0. The van der Waals surface area contributed by atoms with E-state index in [4.69, 9.17) is 4.74 Å². The minimum absolute atomic E-state index is 0.348. The average Bonchev–Trinajstić information content (AvgIpc) is 2.64. The van der Waals surface area contributed by atoms with Crippen LogP contribution in [-0.4, -0.2) is 68.4 Å². The highest BCUT2D eigenvalue weighted by Gasteiger charge is 2.21. The van der Waals surface area contributed by atoms with Gasteiger partial charge in [0.15, 0.2) is 5.96 Å². The van der Waals surface area contributed by atoms with E-state index in [0.29, 0.717) is 18.9 Å². The quantitative estimate of drug-likeness (QED) is 0.429. The molecule has 0 bridgehead atoms. The van der Waals surface area contributed by atoms with Gasteiger partial charge in [-0.15, -0.1) is 0 Å². The van der Waals surface area contributed by atoms with Crippen molar-refractivity contribution in [3.63, 3.8) is 0 Å². The number of piperazine rings is 1. The third kappa shape index (κ3) is 6.12. The number of nitrogens with zero attached hydrogens (tertiary/aromatic N) is 3. The Balaban J connectivity index is 1.83. The summed E-state index contributed by atoms with van der Waals surface area (Å²) in [6.45, 7) is 10.8. The highest BCUT2D eigenvalue weighted by atomic mass is 16.5. The van der Waals surface area contributed by atoms with Crippen molar-refractivity contribution in [2.24, 2.45) is 4.99 Å². The molecule has 25 heavy (non-hydrogen) atoms. The van der Waals surface area contributed by atoms with Crippen molar-refractivity contribution in [1.29, 1.82) is 0 Å². The maximum Gasteiger partial charge on any atom is 0.194 e. The lowest BCUT2D eigenvalue weighted by atomic mass is 10.2. The lowest BCUT2D eigenvalue weighted by Gasteiger charge is -2.37. The first-order chi connectivity index (χ1) is 12.3. The number of phenolic OH excluding ortho intramolecular Hbond substituents is 1. The molecule has 2 rings (SSSR count). The predicted molar refractivity (Wildman–Crippen MR) is 104 cm³/mol. The van der Waals surface area contributed by atoms with Crippen LogP contribution in [0.3, 0.4) is 0 Å². The number of benzene rings is 1. The standard InChI is InChI=1S/C19H32N4O2/c1-3-5-15-25-16-10-21-19(20-4-2)23-13-11-22(12-14-23)17-8-6-7-9-18(17)24/h6-9,24H,3-5,10-16H2,1-2H3,(H,20,21). The Bertz CT molecular complexity index is 528.